The molecule has 73 valence electrons. The molecule has 1 aromatic heterocycles. The Hall–Kier alpha value is -1.42. The Kier molecular flexibility index (Phi) is 2.21. The second-order valence-electron chi connectivity index (χ2n) is 2.99. The summed E-state index contributed by atoms with van der Waals surface area (Å²) in [4.78, 5) is 2.81. The number of aromatic nitrogens is 1. The van der Waals surface area contributed by atoms with Crippen molar-refractivity contribution in [2.45, 2.75) is 12.5 Å². The fourth-order valence-electron chi connectivity index (χ4n) is 1.41. The highest BCUT2D eigenvalue weighted by Crippen LogP contribution is 2.27. The predicted molar refractivity (Wildman–Crippen MR) is 48.1 cm³/mol. The predicted octanol–water partition coefficient (Wildman–Crippen LogP) is 2.27. The van der Waals surface area contributed by atoms with Crippen LogP contribution >= 0.6 is 0 Å². The maximum atomic E-state index is 12.2. The second-order valence-corrected chi connectivity index (χ2v) is 2.99. The van der Waals surface area contributed by atoms with Crippen LogP contribution in [0.5, 0.6) is 0 Å². The molecular formula is C10H8F2NO. The summed E-state index contributed by atoms with van der Waals surface area (Å²) in [5.41, 5.74) is 0.935. The summed E-state index contributed by atoms with van der Waals surface area (Å²) in [6.07, 6.45) is -3.11. The van der Waals surface area contributed by atoms with E-state index < -0.39 is 12.5 Å². The fraction of sp³-hybridized carbons (Fsp3) is 0.200. The molecule has 1 radical (unpaired) electrons. The van der Waals surface area contributed by atoms with Gasteiger partial charge in [-0.1, -0.05) is 6.07 Å². The molecule has 1 atom stereocenters. The van der Waals surface area contributed by atoms with E-state index in [9.17, 15) is 13.9 Å². The van der Waals surface area contributed by atoms with E-state index in [2.05, 4.69) is 11.1 Å². The second kappa shape index (κ2) is 3.38. The highest BCUT2D eigenvalue weighted by Gasteiger charge is 2.21. The smallest absolute Gasteiger partial charge is 0.268 e. The van der Waals surface area contributed by atoms with Crippen LogP contribution in [0, 0.1) is 6.07 Å². The van der Waals surface area contributed by atoms with Crippen LogP contribution in [0.25, 0.3) is 10.9 Å². The first kappa shape index (κ1) is 9.15. The average Bonchev–Trinajstić information content (AvgIpc) is 2.60. The molecule has 4 heteroatoms. The van der Waals surface area contributed by atoms with Crippen molar-refractivity contribution in [3.05, 3.63) is 36.0 Å². The molecule has 0 aliphatic heterocycles. The Labute approximate surface area is 79.2 Å². The zero-order valence-electron chi connectivity index (χ0n) is 7.17. The summed E-state index contributed by atoms with van der Waals surface area (Å²) in [7, 11) is 0. The first-order valence-electron chi connectivity index (χ1n) is 4.13. The molecule has 0 fully saturated rings. The van der Waals surface area contributed by atoms with Gasteiger partial charge in [-0.05, 0) is 18.2 Å². The molecule has 2 nitrogen and oxygen atoms in total. The van der Waals surface area contributed by atoms with Crippen LogP contribution in [0.15, 0.2) is 24.4 Å². The molecular weight excluding hydrogens is 188 g/mol. The van der Waals surface area contributed by atoms with Crippen molar-refractivity contribution in [1.82, 2.24) is 4.98 Å². The lowest BCUT2D eigenvalue weighted by Gasteiger charge is -2.07. The Morgan fingerprint density at radius 2 is 2.21 bits per heavy atom. The van der Waals surface area contributed by atoms with Crippen LogP contribution < -0.4 is 0 Å². The number of hydrogen-bond acceptors (Lipinski definition) is 1. The number of H-pyrrole nitrogens is 1. The number of benzene rings is 1. The maximum Gasteiger partial charge on any atom is 0.268 e. The lowest BCUT2D eigenvalue weighted by Crippen LogP contribution is -2.06. The summed E-state index contributed by atoms with van der Waals surface area (Å²) in [6, 6.07) is 7.75. The number of halogens is 2. The van der Waals surface area contributed by atoms with Crippen molar-refractivity contribution >= 4 is 10.9 Å². The maximum absolute atomic E-state index is 12.2. The van der Waals surface area contributed by atoms with E-state index in [1.807, 2.05) is 0 Å². The Bertz CT molecular complexity index is 438. The molecule has 2 aromatic rings. The fourth-order valence-corrected chi connectivity index (χ4v) is 1.41. The standard InChI is InChI=1S/C10H8F2NO/c11-10(12)9(14)7-5-13-8-4-2-1-3-6(7)8/h2-5,9-10,13-14H. The monoisotopic (exact) mass is 196 g/mol. The van der Waals surface area contributed by atoms with Gasteiger partial charge < -0.3 is 10.1 Å². The minimum absolute atomic E-state index is 0.215. The molecule has 0 spiro atoms. The number of hydrogen-bond donors (Lipinski definition) is 2. The number of fused-ring (bicyclic) bond motifs is 1. The quantitative estimate of drug-likeness (QED) is 0.759. The molecule has 0 aliphatic carbocycles. The van der Waals surface area contributed by atoms with Crippen LogP contribution in [0.1, 0.15) is 11.7 Å². The third kappa shape index (κ3) is 1.37. The van der Waals surface area contributed by atoms with Crippen molar-refractivity contribution in [3.63, 3.8) is 0 Å². The molecule has 0 aliphatic rings. The lowest BCUT2D eigenvalue weighted by atomic mass is 10.1. The first-order chi connectivity index (χ1) is 6.70. The van der Waals surface area contributed by atoms with Crippen LogP contribution in [-0.4, -0.2) is 16.5 Å². The lowest BCUT2D eigenvalue weighted by molar-refractivity contribution is -0.00494. The molecule has 0 amide bonds. The van der Waals surface area contributed by atoms with Gasteiger partial charge in [0.25, 0.3) is 6.43 Å². The number of nitrogens with one attached hydrogen (secondary N) is 1. The first-order valence-corrected chi connectivity index (χ1v) is 4.13. The molecule has 1 unspecified atom stereocenters. The van der Waals surface area contributed by atoms with Crippen molar-refractivity contribution in [2.75, 3.05) is 0 Å². The van der Waals surface area contributed by atoms with E-state index in [0.29, 0.717) is 5.39 Å². The molecule has 0 bridgehead atoms. The van der Waals surface area contributed by atoms with Gasteiger partial charge in [0, 0.05) is 22.7 Å². The van der Waals surface area contributed by atoms with Crippen LogP contribution in [0.3, 0.4) is 0 Å². The molecule has 2 rings (SSSR count). The normalized spacial score (nSPS) is 13.7. The Balaban J connectivity index is 2.53. The summed E-state index contributed by atoms with van der Waals surface area (Å²) in [5.74, 6) is 0. The zero-order valence-corrected chi connectivity index (χ0v) is 7.17. The summed E-state index contributed by atoms with van der Waals surface area (Å²) in [5, 5.41) is 9.78. The van der Waals surface area contributed by atoms with Crippen molar-refractivity contribution in [3.8, 4) is 0 Å². The van der Waals surface area contributed by atoms with Crippen LogP contribution in [0.2, 0.25) is 0 Å². The summed E-state index contributed by atoms with van der Waals surface area (Å²) in [6.45, 7) is 0. The molecule has 14 heavy (non-hydrogen) atoms. The highest BCUT2D eigenvalue weighted by atomic mass is 19.3. The van der Waals surface area contributed by atoms with E-state index in [4.69, 9.17) is 0 Å². The van der Waals surface area contributed by atoms with Gasteiger partial charge in [-0.25, -0.2) is 8.78 Å². The average molecular weight is 196 g/mol. The molecule has 0 saturated heterocycles. The third-order valence-electron chi connectivity index (χ3n) is 2.12. The van der Waals surface area contributed by atoms with Crippen LogP contribution in [-0.2, 0) is 0 Å². The van der Waals surface area contributed by atoms with Gasteiger partial charge in [-0.15, -0.1) is 0 Å². The van der Waals surface area contributed by atoms with Crippen LogP contribution in [0.4, 0.5) is 8.78 Å². The SMILES string of the molecule is OC(c1c[nH]c2cc[c]cc12)C(F)F. The third-order valence-corrected chi connectivity index (χ3v) is 2.12. The van der Waals surface area contributed by atoms with Gasteiger partial charge >= 0.3 is 0 Å². The van der Waals surface area contributed by atoms with Gasteiger partial charge in [0.2, 0.25) is 0 Å². The number of aliphatic hydroxyl groups is 1. The van der Waals surface area contributed by atoms with Crippen molar-refractivity contribution in [1.29, 1.82) is 0 Å². The number of rotatable bonds is 2. The minimum atomic E-state index is -2.77. The van der Waals surface area contributed by atoms with Gasteiger partial charge in [-0.3, -0.25) is 0 Å². The van der Waals surface area contributed by atoms with Crippen molar-refractivity contribution < 1.29 is 13.9 Å². The molecule has 2 N–H and O–H groups in total. The van der Waals surface area contributed by atoms with Gasteiger partial charge in [0.15, 0.2) is 0 Å². The highest BCUT2D eigenvalue weighted by molar-refractivity contribution is 5.83. The molecule has 1 heterocycles. The number of aliphatic hydroxyl groups excluding tert-OH is 1. The molecule has 0 saturated carbocycles. The number of aromatic amines is 1. The van der Waals surface area contributed by atoms with Gasteiger partial charge in [-0.2, -0.15) is 0 Å². The Morgan fingerprint density at radius 3 is 2.93 bits per heavy atom. The molecule has 1 aromatic carbocycles. The Morgan fingerprint density at radius 1 is 1.43 bits per heavy atom. The van der Waals surface area contributed by atoms with E-state index in [1.165, 1.54) is 6.20 Å². The largest absolute Gasteiger partial charge is 0.382 e. The van der Waals surface area contributed by atoms with E-state index in [-0.39, 0.29) is 5.56 Å². The summed E-state index contributed by atoms with van der Waals surface area (Å²) >= 11 is 0. The van der Waals surface area contributed by atoms with E-state index in [1.54, 1.807) is 18.2 Å². The summed E-state index contributed by atoms with van der Waals surface area (Å²) < 4.78 is 24.5. The van der Waals surface area contributed by atoms with Crippen molar-refractivity contribution in [2.24, 2.45) is 0 Å². The van der Waals surface area contributed by atoms with E-state index in [0.717, 1.165) is 5.52 Å². The number of alkyl halides is 2. The van der Waals surface area contributed by atoms with Gasteiger partial charge in [0.1, 0.15) is 6.10 Å². The van der Waals surface area contributed by atoms with E-state index >= 15 is 0 Å². The topological polar surface area (TPSA) is 36.0 Å². The minimum Gasteiger partial charge on any atom is -0.382 e. The van der Waals surface area contributed by atoms with Gasteiger partial charge in [0.05, 0.1) is 0 Å². The zero-order chi connectivity index (χ0) is 10.1.